The average Bonchev–Trinajstić information content (AvgIpc) is 2.90. The maximum Gasteiger partial charge on any atom is 0.252 e. The number of sulfonamides is 1. The number of benzene rings is 1. The smallest absolute Gasteiger partial charge is 0.252 e. The summed E-state index contributed by atoms with van der Waals surface area (Å²) in [4.78, 5) is 8.12. The third-order valence-corrected chi connectivity index (χ3v) is 4.47. The van der Waals surface area contributed by atoms with Crippen molar-refractivity contribution in [1.29, 1.82) is 0 Å². The lowest BCUT2D eigenvalue weighted by Crippen LogP contribution is -2.23. The Bertz CT molecular complexity index is 983. The Labute approximate surface area is 131 Å². The van der Waals surface area contributed by atoms with Crippen LogP contribution in [0.1, 0.15) is 11.5 Å². The molecule has 0 unspecified atom stereocenters. The molecule has 2 aromatic heterocycles. The summed E-state index contributed by atoms with van der Waals surface area (Å²) in [5.74, 6) is -0.276. The van der Waals surface area contributed by atoms with Crippen LogP contribution in [0.15, 0.2) is 35.4 Å². The molecule has 3 aromatic rings. The van der Waals surface area contributed by atoms with Gasteiger partial charge in [-0.25, -0.2) is 22.6 Å². The number of hydrogen-bond acceptors (Lipinski definition) is 7. The lowest BCUT2D eigenvalue weighted by Gasteiger charge is -2.06. The number of phenolic OH excluding ortho intramolecular Hbond substituents is 2. The van der Waals surface area contributed by atoms with Crippen molar-refractivity contribution in [1.82, 2.24) is 24.3 Å². The van der Waals surface area contributed by atoms with Crippen LogP contribution in [-0.2, 0) is 16.6 Å². The zero-order valence-electron chi connectivity index (χ0n) is 12.0. The monoisotopic (exact) mass is 335 g/mol. The molecule has 9 nitrogen and oxygen atoms in total. The minimum Gasteiger partial charge on any atom is -0.504 e. The van der Waals surface area contributed by atoms with Crippen LogP contribution >= 0.6 is 0 Å². The lowest BCUT2D eigenvalue weighted by atomic mass is 10.3. The van der Waals surface area contributed by atoms with E-state index >= 15 is 0 Å². The zero-order valence-corrected chi connectivity index (χ0v) is 12.8. The molecule has 0 radical (unpaired) electrons. The number of aryl methyl sites for hydroxylation is 1. The number of nitrogens with zero attached hydrogens (tertiary/aromatic N) is 4. The lowest BCUT2D eigenvalue weighted by molar-refractivity contribution is 0.402. The first-order valence-corrected chi connectivity index (χ1v) is 8.04. The van der Waals surface area contributed by atoms with Crippen LogP contribution in [0.4, 0.5) is 0 Å². The van der Waals surface area contributed by atoms with Gasteiger partial charge in [0.25, 0.3) is 5.78 Å². The number of nitrogens with one attached hydrogen (secondary N) is 1. The van der Waals surface area contributed by atoms with Crippen molar-refractivity contribution in [3.8, 4) is 11.5 Å². The van der Waals surface area contributed by atoms with Gasteiger partial charge in [0.15, 0.2) is 17.3 Å². The fraction of sp³-hybridized carbons (Fsp3) is 0.154. The Hall–Kier alpha value is -2.72. The summed E-state index contributed by atoms with van der Waals surface area (Å²) in [6.07, 6.45) is 1.68. The Morgan fingerprint density at radius 1 is 1.17 bits per heavy atom. The average molecular weight is 335 g/mol. The van der Waals surface area contributed by atoms with E-state index in [9.17, 15) is 18.6 Å². The predicted octanol–water partition coefficient (Wildman–Crippen LogP) is 0.322. The van der Waals surface area contributed by atoms with Crippen molar-refractivity contribution in [2.45, 2.75) is 18.4 Å². The summed E-state index contributed by atoms with van der Waals surface area (Å²) in [7, 11) is -3.87. The van der Waals surface area contributed by atoms with Crippen molar-refractivity contribution in [3.63, 3.8) is 0 Å². The van der Waals surface area contributed by atoms with Crippen LogP contribution < -0.4 is 4.72 Å². The van der Waals surface area contributed by atoms with Crippen molar-refractivity contribution in [3.05, 3.63) is 42.0 Å². The third-order valence-electron chi connectivity index (χ3n) is 3.07. The van der Waals surface area contributed by atoms with Gasteiger partial charge in [0, 0.05) is 18.0 Å². The van der Waals surface area contributed by atoms with Gasteiger partial charge in [0.2, 0.25) is 10.0 Å². The highest BCUT2D eigenvalue weighted by molar-refractivity contribution is 7.89. The van der Waals surface area contributed by atoms with Gasteiger partial charge in [-0.05, 0) is 25.1 Å². The molecule has 10 heteroatoms. The highest BCUT2D eigenvalue weighted by atomic mass is 32.2. The second-order valence-corrected chi connectivity index (χ2v) is 6.58. The molecule has 120 valence electrons. The largest absolute Gasteiger partial charge is 0.504 e. The molecule has 0 saturated carbocycles. The number of hydrogen-bond donors (Lipinski definition) is 3. The van der Waals surface area contributed by atoms with Crippen LogP contribution in [-0.4, -0.2) is 38.2 Å². The van der Waals surface area contributed by atoms with Gasteiger partial charge in [-0.3, -0.25) is 0 Å². The molecule has 3 N–H and O–H groups in total. The van der Waals surface area contributed by atoms with Gasteiger partial charge >= 0.3 is 0 Å². The van der Waals surface area contributed by atoms with Crippen LogP contribution in [0.2, 0.25) is 0 Å². The van der Waals surface area contributed by atoms with Crippen molar-refractivity contribution < 1.29 is 18.6 Å². The van der Waals surface area contributed by atoms with E-state index in [4.69, 9.17) is 0 Å². The molecule has 0 aliphatic carbocycles. The van der Waals surface area contributed by atoms with E-state index < -0.39 is 21.5 Å². The molecule has 1 aromatic carbocycles. The Morgan fingerprint density at radius 2 is 1.96 bits per heavy atom. The van der Waals surface area contributed by atoms with E-state index in [1.165, 1.54) is 10.6 Å². The fourth-order valence-electron chi connectivity index (χ4n) is 1.90. The molecular weight excluding hydrogens is 322 g/mol. The first-order valence-electron chi connectivity index (χ1n) is 6.56. The second kappa shape index (κ2) is 5.48. The van der Waals surface area contributed by atoms with Crippen molar-refractivity contribution >= 4 is 15.8 Å². The predicted molar refractivity (Wildman–Crippen MR) is 79.3 cm³/mol. The summed E-state index contributed by atoms with van der Waals surface area (Å²) in [5.41, 5.74) is 0.775. The van der Waals surface area contributed by atoms with E-state index in [1.807, 2.05) is 6.92 Å². The molecule has 0 aliphatic heterocycles. The van der Waals surface area contributed by atoms with Crippen LogP contribution in [0.3, 0.4) is 0 Å². The molecule has 0 amide bonds. The van der Waals surface area contributed by atoms with Crippen molar-refractivity contribution in [2.24, 2.45) is 0 Å². The van der Waals surface area contributed by atoms with E-state index in [-0.39, 0.29) is 17.3 Å². The molecule has 0 saturated heterocycles. The van der Waals surface area contributed by atoms with Gasteiger partial charge < -0.3 is 10.2 Å². The molecule has 0 spiro atoms. The molecule has 0 bridgehead atoms. The van der Waals surface area contributed by atoms with E-state index in [1.54, 1.807) is 12.3 Å². The topological polar surface area (TPSA) is 130 Å². The first kappa shape index (κ1) is 15.2. The Kier molecular flexibility index (Phi) is 3.62. The maximum absolute atomic E-state index is 12.2. The van der Waals surface area contributed by atoms with E-state index in [0.29, 0.717) is 5.78 Å². The molecule has 3 rings (SSSR count). The Morgan fingerprint density at radius 3 is 2.70 bits per heavy atom. The van der Waals surface area contributed by atoms with Crippen LogP contribution in [0, 0.1) is 6.92 Å². The summed E-state index contributed by atoms with van der Waals surface area (Å²) >= 11 is 0. The van der Waals surface area contributed by atoms with E-state index in [0.717, 1.165) is 17.8 Å². The fourth-order valence-corrected chi connectivity index (χ4v) is 2.90. The van der Waals surface area contributed by atoms with Gasteiger partial charge in [-0.1, -0.05) is 0 Å². The first-order chi connectivity index (χ1) is 10.8. The van der Waals surface area contributed by atoms with Gasteiger partial charge in [0.05, 0.1) is 11.4 Å². The highest BCUT2D eigenvalue weighted by Crippen LogP contribution is 2.26. The summed E-state index contributed by atoms with van der Waals surface area (Å²) < 4.78 is 28.1. The summed E-state index contributed by atoms with van der Waals surface area (Å²) in [5, 5.41) is 22.7. The van der Waals surface area contributed by atoms with Gasteiger partial charge in [-0.2, -0.15) is 4.98 Å². The van der Waals surface area contributed by atoms with Gasteiger partial charge in [-0.15, -0.1) is 5.10 Å². The third kappa shape index (κ3) is 3.07. The van der Waals surface area contributed by atoms with Crippen LogP contribution in [0.25, 0.3) is 5.78 Å². The zero-order chi connectivity index (χ0) is 16.6. The number of phenols is 2. The molecule has 0 atom stereocenters. The Balaban J connectivity index is 1.81. The quantitative estimate of drug-likeness (QED) is 0.585. The highest BCUT2D eigenvalue weighted by Gasteiger charge is 2.17. The number of aromatic nitrogens is 4. The molecule has 2 heterocycles. The normalized spacial score (nSPS) is 11.9. The standard InChI is InChI=1S/C13H13N5O4S/c1-8-4-5-18-13(15-8)16-12(17-18)7-14-23(21,22)9-2-3-10(19)11(20)6-9/h2-6,14,19-20H,7H2,1H3. The SMILES string of the molecule is Cc1ccn2nc(CNS(=O)(=O)c3ccc(O)c(O)c3)nc2n1. The number of rotatable bonds is 4. The maximum atomic E-state index is 12.2. The summed E-state index contributed by atoms with van der Waals surface area (Å²) in [6.45, 7) is 1.68. The van der Waals surface area contributed by atoms with Gasteiger partial charge in [0.1, 0.15) is 0 Å². The van der Waals surface area contributed by atoms with E-state index in [2.05, 4.69) is 19.8 Å². The second-order valence-electron chi connectivity index (χ2n) is 4.82. The van der Waals surface area contributed by atoms with Crippen LogP contribution in [0.5, 0.6) is 11.5 Å². The molecule has 0 fully saturated rings. The minimum absolute atomic E-state index is 0.133. The molecule has 0 aliphatic rings. The molecular formula is C13H13N5O4S. The number of fused-ring (bicyclic) bond motifs is 1. The number of aromatic hydroxyl groups is 2. The van der Waals surface area contributed by atoms with Crippen molar-refractivity contribution in [2.75, 3.05) is 0 Å². The summed E-state index contributed by atoms with van der Waals surface area (Å²) in [6, 6.07) is 4.99. The molecule has 23 heavy (non-hydrogen) atoms. The minimum atomic E-state index is -3.87.